The van der Waals surface area contributed by atoms with Gasteiger partial charge in [0.15, 0.2) is 0 Å². The maximum absolute atomic E-state index is 6.61. The van der Waals surface area contributed by atoms with Gasteiger partial charge in [-0.05, 0) is 71.8 Å². The third-order valence-electron chi connectivity index (χ3n) is 5.07. The summed E-state index contributed by atoms with van der Waals surface area (Å²) in [4.78, 5) is 3.56. The number of rotatable bonds is 6. The van der Waals surface area contributed by atoms with Crippen molar-refractivity contribution in [2.75, 3.05) is 21.3 Å². The molecule has 0 aliphatic heterocycles. The smallest absolute Gasteiger partial charge is 0.120 e. The standard InChI is InChI=1S/C25H22ClNO3/c1-28-18-8-4-16(5-9-18)22-15-24(17-6-10-19(29-2)11-7-17)27-25(22)21-13-12-20(30-3)14-23(21)26/h4-15,27H,1-3H3. The van der Waals surface area contributed by atoms with Crippen LogP contribution < -0.4 is 14.2 Å². The van der Waals surface area contributed by atoms with Crippen molar-refractivity contribution in [3.8, 4) is 50.9 Å². The zero-order chi connectivity index (χ0) is 21.1. The zero-order valence-corrected chi connectivity index (χ0v) is 17.8. The van der Waals surface area contributed by atoms with Crippen LogP contribution in [-0.4, -0.2) is 26.3 Å². The molecule has 0 saturated heterocycles. The second kappa shape index (κ2) is 8.56. The van der Waals surface area contributed by atoms with Gasteiger partial charge in [0.25, 0.3) is 0 Å². The molecular formula is C25H22ClNO3. The minimum absolute atomic E-state index is 0.618. The van der Waals surface area contributed by atoms with E-state index in [1.165, 1.54) is 0 Å². The van der Waals surface area contributed by atoms with Crippen molar-refractivity contribution in [1.29, 1.82) is 0 Å². The molecule has 152 valence electrons. The third kappa shape index (κ3) is 3.87. The number of ether oxygens (including phenoxy) is 3. The molecule has 4 aromatic rings. The molecule has 1 heterocycles. The van der Waals surface area contributed by atoms with Crippen LogP contribution in [0.15, 0.2) is 72.8 Å². The van der Waals surface area contributed by atoms with Gasteiger partial charge in [-0.2, -0.15) is 0 Å². The number of aromatic amines is 1. The molecule has 1 aromatic heterocycles. The molecule has 0 saturated carbocycles. The van der Waals surface area contributed by atoms with Crippen molar-refractivity contribution in [2.24, 2.45) is 0 Å². The number of hydrogen-bond acceptors (Lipinski definition) is 3. The predicted octanol–water partition coefficient (Wildman–Crippen LogP) is 6.69. The largest absolute Gasteiger partial charge is 0.497 e. The van der Waals surface area contributed by atoms with Gasteiger partial charge in [-0.3, -0.25) is 0 Å². The third-order valence-corrected chi connectivity index (χ3v) is 5.38. The van der Waals surface area contributed by atoms with E-state index in [2.05, 4.69) is 11.1 Å². The SMILES string of the molecule is COc1ccc(-c2cc(-c3ccc(OC)cc3)c(-c3ccc(OC)cc3Cl)[nH]2)cc1. The Bertz CT molecular complexity index is 1150. The first kappa shape index (κ1) is 19.9. The van der Waals surface area contributed by atoms with E-state index in [1.807, 2.05) is 66.7 Å². The molecule has 4 nitrogen and oxygen atoms in total. The molecule has 0 bridgehead atoms. The minimum Gasteiger partial charge on any atom is -0.497 e. The van der Waals surface area contributed by atoms with Crippen LogP contribution in [0.1, 0.15) is 0 Å². The summed E-state index contributed by atoms with van der Waals surface area (Å²) in [7, 11) is 4.95. The van der Waals surface area contributed by atoms with Gasteiger partial charge in [-0.25, -0.2) is 0 Å². The molecule has 1 N–H and O–H groups in total. The Balaban J connectivity index is 1.86. The molecule has 0 unspecified atom stereocenters. The average molecular weight is 420 g/mol. The summed E-state index contributed by atoms with van der Waals surface area (Å²) in [5.74, 6) is 2.35. The van der Waals surface area contributed by atoms with E-state index < -0.39 is 0 Å². The lowest BCUT2D eigenvalue weighted by molar-refractivity contribution is 0.414. The van der Waals surface area contributed by atoms with Crippen molar-refractivity contribution in [1.82, 2.24) is 4.98 Å². The van der Waals surface area contributed by atoms with Gasteiger partial charge in [-0.1, -0.05) is 23.7 Å². The molecule has 4 rings (SSSR count). The lowest BCUT2D eigenvalue weighted by Gasteiger charge is -2.09. The van der Waals surface area contributed by atoms with Gasteiger partial charge in [0.2, 0.25) is 0 Å². The fraction of sp³-hybridized carbons (Fsp3) is 0.120. The fourth-order valence-electron chi connectivity index (χ4n) is 3.42. The number of H-pyrrole nitrogens is 1. The molecule has 30 heavy (non-hydrogen) atoms. The summed E-state index contributed by atoms with van der Waals surface area (Å²) in [5.41, 5.74) is 6.01. The molecule has 5 heteroatoms. The first-order valence-electron chi connectivity index (χ1n) is 9.48. The minimum atomic E-state index is 0.618. The van der Waals surface area contributed by atoms with E-state index >= 15 is 0 Å². The van der Waals surface area contributed by atoms with Crippen LogP contribution in [0.2, 0.25) is 5.02 Å². The lowest BCUT2D eigenvalue weighted by atomic mass is 10.0. The Kier molecular flexibility index (Phi) is 5.68. The van der Waals surface area contributed by atoms with Gasteiger partial charge < -0.3 is 19.2 Å². The van der Waals surface area contributed by atoms with E-state index in [4.69, 9.17) is 25.8 Å². The summed E-state index contributed by atoms with van der Waals surface area (Å²) >= 11 is 6.61. The van der Waals surface area contributed by atoms with Crippen molar-refractivity contribution in [2.45, 2.75) is 0 Å². The van der Waals surface area contributed by atoms with Crippen LogP contribution in [0.4, 0.5) is 0 Å². The maximum Gasteiger partial charge on any atom is 0.120 e. The summed E-state index contributed by atoms with van der Waals surface area (Å²) in [6, 6.07) is 23.8. The van der Waals surface area contributed by atoms with E-state index in [0.29, 0.717) is 5.02 Å². The lowest BCUT2D eigenvalue weighted by Crippen LogP contribution is -1.88. The average Bonchev–Trinajstić information content (AvgIpc) is 3.24. The Hall–Kier alpha value is -3.37. The van der Waals surface area contributed by atoms with Crippen LogP contribution in [0.3, 0.4) is 0 Å². The zero-order valence-electron chi connectivity index (χ0n) is 17.0. The van der Waals surface area contributed by atoms with Crippen molar-refractivity contribution >= 4 is 11.6 Å². The van der Waals surface area contributed by atoms with Crippen LogP contribution in [-0.2, 0) is 0 Å². The second-order valence-corrected chi connectivity index (χ2v) is 7.18. The second-order valence-electron chi connectivity index (χ2n) is 6.77. The van der Waals surface area contributed by atoms with Crippen LogP contribution in [0.25, 0.3) is 33.6 Å². The molecule has 0 radical (unpaired) electrons. The monoisotopic (exact) mass is 419 g/mol. The number of nitrogens with one attached hydrogen (secondary N) is 1. The van der Waals surface area contributed by atoms with E-state index in [1.54, 1.807) is 21.3 Å². The Morgan fingerprint density at radius 1 is 0.600 bits per heavy atom. The van der Waals surface area contributed by atoms with Crippen molar-refractivity contribution < 1.29 is 14.2 Å². The summed E-state index contributed by atoms with van der Waals surface area (Å²) in [6.07, 6.45) is 0. The van der Waals surface area contributed by atoms with Gasteiger partial charge in [0.05, 0.1) is 32.0 Å². The molecule has 0 aliphatic rings. The first-order valence-corrected chi connectivity index (χ1v) is 9.86. The number of hydrogen-bond donors (Lipinski definition) is 1. The summed E-state index contributed by atoms with van der Waals surface area (Å²) in [6.45, 7) is 0. The Labute approximate surface area is 181 Å². The first-order chi connectivity index (χ1) is 14.6. The number of methoxy groups -OCH3 is 3. The topological polar surface area (TPSA) is 43.5 Å². The van der Waals surface area contributed by atoms with E-state index in [-0.39, 0.29) is 0 Å². The van der Waals surface area contributed by atoms with E-state index in [9.17, 15) is 0 Å². The fourth-order valence-corrected chi connectivity index (χ4v) is 3.68. The highest BCUT2D eigenvalue weighted by Gasteiger charge is 2.16. The summed E-state index contributed by atoms with van der Waals surface area (Å²) in [5, 5.41) is 0.618. The van der Waals surface area contributed by atoms with Crippen molar-refractivity contribution in [3.05, 3.63) is 77.8 Å². The molecule has 0 atom stereocenters. The van der Waals surface area contributed by atoms with Crippen LogP contribution >= 0.6 is 11.6 Å². The maximum atomic E-state index is 6.61. The van der Waals surface area contributed by atoms with Crippen LogP contribution in [0, 0.1) is 0 Å². The predicted molar refractivity (Wildman–Crippen MR) is 122 cm³/mol. The quantitative estimate of drug-likeness (QED) is 0.378. The molecule has 0 spiro atoms. The van der Waals surface area contributed by atoms with Crippen molar-refractivity contribution in [3.63, 3.8) is 0 Å². The van der Waals surface area contributed by atoms with Gasteiger partial charge in [-0.15, -0.1) is 0 Å². The van der Waals surface area contributed by atoms with Gasteiger partial charge in [0, 0.05) is 16.8 Å². The Morgan fingerprint density at radius 2 is 1.13 bits per heavy atom. The Morgan fingerprint density at radius 3 is 1.67 bits per heavy atom. The molecule has 0 amide bonds. The normalized spacial score (nSPS) is 10.7. The molecule has 0 aliphatic carbocycles. The van der Waals surface area contributed by atoms with Gasteiger partial charge >= 0.3 is 0 Å². The molecule has 3 aromatic carbocycles. The van der Waals surface area contributed by atoms with Gasteiger partial charge in [0.1, 0.15) is 17.2 Å². The van der Waals surface area contributed by atoms with Crippen LogP contribution in [0.5, 0.6) is 17.2 Å². The highest BCUT2D eigenvalue weighted by molar-refractivity contribution is 6.33. The summed E-state index contributed by atoms with van der Waals surface area (Å²) < 4.78 is 15.9. The number of aromatic nitrogens is 1. The molecular weight excluding hydrogens is 398 g/mol. The highest BCUT2D eigenvalue weighted by Crippen LogP contribution is 2.40. The number of halogens is 1. The molecule has 0 fully saturated rings. The highest BCUT2D eigenvalue weighted by atomic mass is 35.5. The van der Waals surface area contributed by atoms with E-state index in [0.717, 1.165) is 50.9 Å². The number of benzene rings is 3.